The highest BCUT2D eigenvalue weighted by Gasteiger charge is 2.17. The van der Waals surface area contributed by atoms with Crippen LogP contribution in [0, 0.1) is 19.7 Å². The highest BCUT2D eigenvalue weighted by molar-refractivity contribution is 5.99. The van der Waals surface area contributed by atoms with E-state index < -0.39 is 5.97 Å². The number of hydrogen-bond acceptors (Lipinski definition) is 4. The van der Waals surface area contributed by atoms with E-state index in [1.807, 2.05) is 18.4 Å². The van der Waals surface area contributed by atoms with Crippen molar-refractivity contribution in [2.75, 3.05) is 6.61 Å². The Balaban J connectivity index is 1.60. The minimum atomic E-state index is -0.651. The van der Waals surface area contributed by atoms with Crippen LogP contribution in [0.15, 0.2) is 59.5 Å². The van der Waals surface area contributed by atoms with E-state index >= 15 is 0 Å². The molecule has 7 heteroatoms. The standard InChI is InChI=1S/C23H23FN2O4/c1-16-13-20(17(2)26(16)12-10-18-6-8-19(24)9-7-18)21(27)15-30-23(29)14-25-11-4-3-5-22(25)28/h3-9,11,13H,10,12,14-15H2,1-2H3. The van der Waals surface area contributed by atoms with Crippen molar-refractivity contribution in [3.8, 4) is 0 Å². The molecule has 6 nitrogen and oxygen atoms in total. The Bertz CT molecular complexity index is 1110. The van der Waals surface area contributed by atoms with Gasteiger partial charge in [0.15, 0.2) is 6.61 Å². The predicted octanol–water partition coefficient (Wildman–Crippen LogP) is 3.07. The molecule has 0 N–H and O–H groups in total. The Morgan fingerprint density at radius 3 is 2.50 bits per heavy atom. The zero-order valence-electron chi connectivity index (χ0n) is 16.9. The molecule has 0 fully saturated rings. The molecule has 0 spiro atoms. The smallest absolute Gasteiger partial charge is 0.326 e. The maximum atomic E-state index is 13.0. The summed E-state index contributed by atoms with van der Waals surface area (Å²) in [6.07, 6.45) is 2.19. The summed E-state index contributed by atoms with van der Waals surface area (Å²) in [4.78, 5) is 36.2. The van der Waals surface area contributed by atoms with Gasteiger partial charge in [0.2, 0.25) is 5.78 Å². The van der Waals surface area contributed by atoms with Gasteiger partial charge in [-0.15, -0.1) is 0 Å². The number of halogens is 1. The molecule has 0 saturated carbocycles. The maximum Gasteiger partial charge on any atom is 0.326 e. The van der Waals surface area contributed by atoms with Crippen molar-refractivity contribution >= 4 is 11.8 Å². The first-order chi connectivity index (χ1) is 14.3. The summed E-state index contributed by atoms with van der Waals surface area (Å²) in [5, 5.41) is 0. The molecule has 156 valence electrons. The SMILES string of the molecule is Cc1cc(C(=O)COC(=O)Cn2ccccc2=O)c(C)n1CCc1ccc(F)cc1. The second-order valence-electron chi connectivity index (χ2n) is 7.06. The summed E-state index contributed by atoms with van der Waals surface area (Å²) in [5.74, 6) is -1.22. The van der Waals surface area contributed by atoms with E-state index in [2.05, 4.69) is 0 Å². The molecule has 2 heterocycles. The van der Waals surface area contributed by atoms with Gasteiger partial charge in [-0.05, 0) is 50.1 Å². The molecule has 0 aliphatic carbocycles. The number of esters is 1. The Hall–Kier alpha value is -3.48. The molecule has 0 unspecified atom stereocenters. The Morgan fingerprint density at radius 2 is 1.80 bits per heavy atom. The van der Waals surface area contributed by atoms with Crippen molar-refractivity contribution in [1.29, 1.82) is 0 Å². The maximum absolute atomic E-state index is 13.0. The number of rotatable bonds is 8. The summed E-state index contributed by atoms with van der Waals surface area (Å²) in [6.45, 7) is 3.76. The number of benzene rings is 1. The fourth-order valence-corrected chi connectivity index (χ4v) is 3.32. The Kier molecular flexibility index (Phi) is 6.61. The van der Waals surface area contributed by atoms with E-state index in [4.69, 9.17) is 4.74 Å². The van der Waals surface area contributed by atoms with Crippen LogP contribution < -0.4 is 5.56 Å². The van der Waals surface area contributed by atoms with E-state index in [1.54, 1.807) is 30.3 Å². The lowest BCUT2D eigenvalue weighted by Gasteiger charge is -2.10. The van der Waals surface area contributed by atoms with Gasteiger partial charge in [0, 0.05) is 35.8 Å². The van der Waals surface area contributed by atoms with Crippen LogP contribution in [0.2, 0.25) is 0 Å². The van der Waals surface area contributed by atoms with Crippen molar-refractivity contribution < 1.29 is 18.7 Å². The van der Waals surface area contributed by atoms with E-state index in [-0.39, 0.29) is 30.3 Å². The third-order valence-corrected chi connectivity index (χ3v) is 4.97. The molecule has 2 aromatic heterocycles. The molecule has 0 bridgehead atoms. The monoisotopic (exact) mass is 410 g/mol. The van der Waals surface area contributed by atoms with Gasteiger partial charge in [0.05, 0.1) is 0 Å². The van der Waals surface area contributed by atoms with Crippen LogP contribution >= 0.6 is 0 Å². The summed E-state index contributed by atoms with van der Waals surface area (Å²) >= 11 is 0. The second-order valence-corrected chi connectivity index (χ2v) is 7.06. The highest BCUT2D eigenvalue weighted by atomic mass is 19.1. The molecule has 0 radical (unpaired) electrons. The number of aromatic nitrogens is 2. The number of aryl methyl sites for hydroxylation is 2. The Morgan fingerprint density at radius 1 is 1.07 bits per heavy atom. The zero-order valence-corrected chi connectivity index (χ0v) is 16.9. The number of carbonyl (C=O) groups excluding carboxylic acids is 2. The number of pyridine rings is 1. The van der Waals surface area contributed by atoms with Gasteiger partial charge in [-0.3, -0.25) is 14.4 Å². The minimum Gasteiger partial charge on any atom is -0.456 e. The van der Waals surface area contributed by atoms with Gasteiger partial charge >= 0.3 is 5.97 Å². The van der Waals surface area contributed by atoms with Crippen LogP contribution in [0.4, 0.5) is 4.39 Å². The van der Waals surface area contributed by atoms with Crippen LogP contribution in [0.5, 0.6) is 0 Å². The fourth-order valence-electron chi connectivity index (χ4n) is 3.32. The zero-order chi connectivity index (χ0) is 21.7. The number of ketones is 1. The third-order valence-electron chi connectivity index (χ3n) is 4.97. The lowest BCUT2D eigenvalue weighted by molar-refractivity contribution is -0.143. The number of carbonyl (C=O) groups is 2. The average molecular weight is 410 g/mol. The quantitative estimate of drug-likeness (QED) is 0.423. The molecule has 0 amide bonds. The van der Waals surface area contributed by atoms with Crippen LogP contribution in [0.1, 0.15) is 27.3 Å². The molecule has 0 aliphatic rings. The fraction of sp³-hybridized carbons (Fsp3) is 0.261. The van der Waals surface area contributed by atoms with E-state index in [0.29, 0.717) is 18.5 Å². The summed E-state index contributed by atoms with van der Waals surface area (Å²) in [5.41, 5.74) is 2.89. The van der Waals surface area contributed by atoms with E-state index in [1.165, 1.54) is 29.0 Å². The summed E-state index contributed by atoms with van der Waals surface area (Å²) in [7, 11) is 0. The van der Waals surface area contributed by atoms with Crippen molar-refractivity contribution in [3.63, 3.8) is 0 Å². The molecular weight excluding hydrogens is 387 g/mol. The van der Waals surface area contributed by atoms with Crippen molar-refractivity contribution in [1.82, 2.24) is 9.13 Å². The molecule has 1 aromatic carbocycles. The van der Waals surface area contributed by atoms with Crippen LogP contribution in [0.25, 0.3) is 0 Å². The topological polar surface area (TPSA) is 70.3 Å². The van der Waals surface area contributed by atoms with Gasteiger partial charge in [0.25, 0.3) is 5.56 Å². The van der Waals surface area contributed by atoms with E-state index in [9.17, 15) is 18.8 Å². The molecular formula is C23H23FN2O4. The van der Waals surface area contributed by atoms with Crippen molar-refractivity contribution in [2.24, 2.45) is 0 Å². The number of Topliss-reactive ketones (excluding diaryl/α,β-unsaturated/α-hetero) is 1. The van der Waals surface area contributed by atoms with Gasteiger partial charge in [-0.25, -0.2) is 4.39 Å². The number of ether oxygens (including phenoxy) is 1. The first-order valence-electron chi connectivity index (χ1n) is 9.60. The molecule has 3 rings (SSSR count). The van der Waals surface area contributed by atoms with Gasteiger partial charge in [-0.1, -0.05) is 18.2 Å². The van der Waals surface area contributed by atoms with Crippen molar-refractivity contribution in [2.45, 2.75) is 33.4 Å². The van der Waals surface area contributed by atoms with Gasteiger partial charge in [0.1, 0.15) is 12.4 Å². The third kappa shape index (κ3) is 5.11. The average Bonchev–Trinajstić information content (AvgIpc) is 3.01. The molecule has 0 atom stereocenters. The first-order valence-corrected chi connectivity index (χ1v) is 9.60. The van der Waals surface area contributed by atoms with Crippen LogP contribution in [-0.4, -0.2) is 27.5 Å². The van der Waals surface area contributed by atoms with Crippen LogP contribution in [-0.2, 0) is 29.0 Å². The number of nitrogens with zero attached hydrogens (tertiary/aromatic N) is 2. The second kappa shape index (κ2) is 9.35. The molecule has 0 saturated heterocycles. The molecule has 0 aliphatic heterocycles. The first kappa shape index (κ1) is 21.2. The minimum absolute atomic E-state index is 0.246. The lowest BCUT2D eigenvalue weighted by atomic mass is 10.1. The van der Waals surface area contributed by atoms with E-state index in [0.717, 1.165) is 17.0 Å². The molecule has 30 heavy (non-hydrogen) atoms. The Labute approximate surface area is 173 Å². The molecule has 3 aromatic rings. The highest BCUT2D eigenvalue weighted by Crippen LogP contribution is 2.17. The van der Waals surface area contributed by atoms with Gasteiger partial charge < -0.3 is 13.9 Å². The van der Waals surface area contributed by atoms with Crippen molar-refractivity contribution in [3.05, 3.63) is 93.4 Å². The number of hydrogen-bond donors (Lipinski definition) is 0. The normalized spacial score (nSPS) is 10.8. The van der Waals surface area contributed by atoms with Crippen LogP contribution in [0.3, 0.4) is 0 Å². The van der Waals surface area contributed by atoms with Gasteiger partial charge in [-0.2, -0.15) is 0 Å². The lowest BCUT2D eigenvalue weighted by Crippen LogP contribution is -2.25. The summed E-state index contributed by atoms with van der Waals surface area (Å²) < 4.78 is 21.3. The predicted molar refractivity (Wildman–Crippen MR) is 110 cm³/mol. The largest absolute Gasteiger partial charge is 0.456 e. The summed E-state index contributed by atoms with van der Waals surface area (Å²) in [6, 6.07) is 12.7.